The fraction of sp³-hybridized carbons (Fsp3) is 0.594. The third-order valence-corrected chi connectivity index (χ3v) is 10.2. The van der Waals surface area contributed by atoms with Gasteiger partial charge in [0.25, 0.3) is 5.91 Å². The molecule has 262 valence electrons. The summed E-state index contributed by atoms with van der Waals surface area (Å²) in [5.74, 6) is -1.06. The zero-order valence-corrected chi connectivity index (χ0v) is 25.7. The quantitative estimate of drug-likeness (QED) is 0.144. The summed E-state index contributed by atoms with van der Waals surface area (Å²) in [5, 5.41) is 82.9. The van der Waals surface area contributed by atoms with Crippen molar-refractivity contribution in [2.24, 2.45) is 11.8 Å². The number of benzene rings is 1. The highest BCUT2D eigenvalue weighted by molar-refractivity contribution is 5.96. The standard InChI is InChI=1S/C32H40N2O14/c1-2-13-16-8-19-22-15(14-4-3-12(36)7-18(14)33-22)5-6-34(19)29(43)17(16)10-44-30(13)48-32-28(42)26(40)24(38)21(47-32)11-45-31-27(41)25(39)23(37)20(9-35)46-31/h2-4,7,10,13,16,19-21,23-28,30-33,35-42H,1,5-6,8-9,11H2/t13-,16+,19+,20-,21-,23-,24-,25+,26+,27-,28-,30?,31-,32+/m1/s1. The SMILES string of the molecule is C=C[C@H]1C(O[C@@H]2O[C@H](CO[C@@H]3O[C@H](CO)[C@@H](O)[C@H](O)[C@H]3O)[C@@H](O)[C@H](O)[C@H]2O)OC=C2C(=O)N3CCc4c([nH]c5cc(O)ccc45)[C@@H]3C[C@H]21. The minimum atomic E-state index is -1.75. The topological polar surface area (TPSA) is 244 Å². The third kappa shape index (κ3) is 5.50. The number of nitrogens with zero attached hydrogens (tertiary/aromatic N) is 1. The molecule has 0 saturated carbocycles. The second-order valence-corrected chi connectivity index (χ2v) is 12.9. The van der Waals surface area contributed by atoms with Crippen LogP contribution in [0, 0.1) is 11.8 Å². The number of fused-ring (bicyclic) bond motifs is 6. The monoisotopic (exact) mass is 676 g/mol. The molecule has 1 aromatic heterocycles. The molecule has 6 heterocycles. The van der Waals surface area contributed by atoms with Gasteiger partial charge in [-0.15, -0.1) is 6.58 Å². The minimum Gasteiger partial charge on any atom is -0.508 e. The van der Waals surface area contributed by atoms with Gasteiger partial charge in [-0.3, -0.25) is 4.79 Å². The highest BCUT2D eigenvalue weighted by atomic mass is 16.8. The van der Waals surface area contributed by atoms with Crippen molar-refractivity contribution in [3.05, 3.63) is 53.9 Å². The number of phenols is 1. The molecule has 1 aromatic carbocycles. The minimum absolute atomic E-state index is 0.131. The van der Waals surface area contributed by atoms with E-state index in [9.17, 15) is 45.6 Å². The van der Waals surface area contributed by atoms with E-state index in [2.05, 4.69) is 11.6 Å². The molecule has 0 aliphatic carbocycles. The number of phenolic OH excluding ortho intramolecular Hbond substituents is 1. The summed E-state index contributed by atoms with van der Waals surface area (Å²) >= 11 is 0. The van der Waals surface area contributed by atoms with Crippen molar-refractivity contribution in [3.8, 4) is 5.75 Å². The number of hydrogen-bond donors (Lipinski definition) is 9. The number of nitrogens with one attached hydrogen (secondary N) is 1. The molecule has 9 N–H and O–H groups in total. The molecule has 0 radical (unpaired) electrons. The third-order valence-electron chi connectivity index (χ3n) is 10.2. The maximum Gasteiger partial charge on any atom is 0.253 e. The van der Waals surface area contributed by atoms with Crippen molar-refractivity contribution in [3.63, 3.8) is 0 Å². The number of amides is 1. The summed E-state index contributed by atoms with van der Waals surface area (Å²) in [5.41, 5.74) is 3.20. The lowest BCUT2D eigenvalue weighted by Gasteiger charge is -2.48. The van der Waals surface area contributed by atoms with E-state index in [0.717, 1.165) is 22.2 Å². The number of piperidine rings is 1. The lowest BCUT2D eigenvalue weighted by atomic mass is 9.74. The molecule has 2 aromatic rings. The number of aromatic nitrogens is 1. The first kappa shape index (κ1) is 33.4. The van der Waals surface area contributed by atoms with E-state index >= 15 is 0 Å². The molecule has 0 spiro atoms. The number of ether oxygens (including phenoxy) is 5. The summed E-state index contributed by atoms with van der Waals surface area (Å²) < 4.78 is 28.5. The van der Waals surface area contributed by atoms with Crippen LogP contribution in [0.5, 0.6) is 5.75 Å². The van der Waals surface area contributed by atoms with Crippen LogP contribution in [0.15, 0.2) is 42.7 Å². The Labute approximate surface area is 274 Å². The molecule has 48 heavy (non-hydrogen) atoms. The highest BCUT2D eigenvalue weighted by Crippen LogP contribution is 2.48. The number of rotatable bonds is 7. The number of aromatic amines is 1. The number of carbonyl (C=O) groups is 1. The highest BCUT2D eigenvalue weighted by Gasteiger charge is 2.52. The van der Waals surface area contributed by atoms with Gasteiger partial charge in [-0.1, -0.05) is 6.08 Å². The van der Waals surface area contributed by atoms with E-state index in [1.165, 1.54) is 6.26 Å². The molecule has 1 amide bonds. The largest absolute Gasteiger partial charge is 0.508 e. The predicted octanol–water partition coefficient (Wildman–Crippen LogP) is -2.00. The van der Waals surface area contributed by atoms with Gasteiger partial charge in [0, 0.05) is 41.0 Å². The van der Waals surface area contributed by atoms with Crippen molar-refractivity contribution in [2.75, 3.05) is 19.8 Å². The summed E-state index contributed by atoms with van der Waals surface area (Å²) in [7, 11) is 0. The Morgan fingerprint density at radius 1 is 0.958 bits per heavy atom. The van der Waals surface area contributed by atoms with Crippen molar-refractivity contribution in [1.29, 1.82) is 0 Å². The van der Waals surface area contributed by atoms with Crippen LogP contribution >= 0.6 is 0 Å². The van der Waals surface area contributed by atoms with Gasteiger partial charge in [-0.05, 0) is 30.5 Å². The maximum atomic E-state index is 13.7. The summed E-state index contributed by atoms with van der Waals surface area (Å²) in [6, 6.07) is 4.85. The van der Waals surface area contributed by atoms with Crippen LogP contribution < -0.4 is 0 Å². The molecular formula is C32H40N2O14. The van der Waals surface area contributed by atoms with Crippen LogP contribution in [0.3, 0.4) is 0 Å². The second kappa shape index (κ2) is 13.0. The maximum absolute atomic E-state index is 13.7. The predicted molar refractivity (Wildman–Crippen MR) is 160 cm³/mol. The van der Waals surface area contributed by atoms with E-state index in [1.54, 1.807) is 23.1 Å². The van der Waals surface area contributed by atoms with Crippen molar-refractivity contribution < 1.29 is 69.3 Å². The van der Waals surface area contributed by atoms with Gasteiger partial charge in [0.15, 0.2) is 12.6 Å². The smallest absolute Gasteiger partial charge is 0.253 e. The van der Waals surface area contributed by atoms with Gasteiger partial charge in [0.2, 0.25) is 6.29 Å². The molecule has 5 aliphatic rings. The van der Waals surface area contributed by atoms with Gasteiger partial charge in [0.05, 0.1) is 31.1 Å². The van der Waals surface area contributed by atoms with Crippen LogP contribution in [0.25, 0.3) is 10.9 Å². The Balaban J connectivity index is 1.07. The van der Waals surface area contributed by atoms with Gasteiger partial charge in [-0.2, -0.15) is 0 Å². The van der Waals surface area contributed by atoms with E-state index in [4.69, 9.17) is 23.7 Å². The molecular weight excluding hydrogens is 636 g/mol. The van der Waals surface area contributed by atoms with Gasteiger partial charge in [0.1, 0.15) is 54.6 Å². The molecule has 16 heteroatoms. The van der Waals surface area contributed by atoms with Crippen molar-refractivity contribution >= 4 is 16.8 Å². The number of hydrogen-bond acceptors (Lipinski definition) is 14. The summed E-state index contributed by atoms with van der Waals surface area (Å²) in [4.78, 5) is 19.0. The molecule has 3 fully saturated rings. The van der Waals surface area contributed by atoms with Crippen LogP contribution in [0.2, 0.25) is 0 Å². The number of aromatic hydroxyl groups is 1. The average molecular weight is 677 g/mol. The van der Waals surface area contributed by atoms with Gasteiger partial charge < -0.3 is 74.4 Å². The Morgan fingerprint density at radius 2 is 1.67 bits per heavy atom. The number of carbonyl (C=O) groups excluding carboxylic acids is 1. The first-order valence-electron chi connectivity index (χ1n) is 15.9. The Hall–Kier alpha value is -3.13. The average Bonchev–Trinajstić information content (AvgIpc) is 3.45. The molecule has 7 rings (SSSR count). The molecule has 16 nitrogen and oxygen atoms in total. The lowest BCUT2D eigenvalue weighted by molar-refractivity contribution is -0.352. The fourth-order valence-electron chi connectivity index (χ4n) is 7.56. The van der Waals surface area contributed by atoms with Crippen LogP contribution in [-0.4, -0.2) is 144 Å². The number of aliphatic hydroxyl groups excluding tert-OH is 7. The molecule has 14 atom stereocenters. The van der Waals surface area contributed by atoms with Gasteiger partial charge in [-0.25, -0.2) is 0 Å². The van der Waals surface area contributed by atoms with E-state index in [0.29, 0.717) is 25.0 Å². The van der Waals surface area contributed by atoms with Crippen LogP contribution in [0.1, 0.15) is 23.7 Å². The number of H-pyrrole nitrogens is 1. The molecule has 0 bridgehead atoms. The van der Waals surface area contributed by atoms with E-state index in [-0.39, 0.29) is 17.7 Å². The van der Waals surface area contributed by atoms with Crippen LogP contribution in [0.4, 0.5) is 0 Å². The number of aliphatic hydroxyl groups is 7. The normalized spacial score (nSPS) is 41.2. The zero-order chi connectivity index (χ0) is 34.0. The Bertz CT molecular complexity index is 1560. The van der Waals surface area contributed by atoms with Crippen LogP contribution in [-0.2, 0) is 34.9 Å². The van der Waals surface area contributed by atoms with Crippen molar-refractivity contribution in [2.45, 2.75) is 86.6 Å². The van der Waals surface area contributed by atoms with Gasteiger partial charge >= 0.3 is 0 Å². The first-order valence-corrected chi connectivity index (χ1v) is 15.9. The van der Waals surface area contributed by atoms with E-state index in [1.807, 2.05) is 6.07 Å². The zero-order valence-electron chi connectivity index (χ0n) is 25.7. The van der Waals surface area contributed by atoms with E-state index < -0.39 is 92.8 Å². The summed E-state index contributed by atoms with van der Waals surface area (Å²) in [6.45, 7) is 3.27. The first-order chi connectivity index (χ1) is 23.0. The lowest BCUT2D eigenvalue weighted by Crippen LogP contribution is -2.62. The Kier molecular flexibility index (Phi) is 9.01. The molecule has 1 unspecified atom stereocenters. The Morgan fingerprint density at radius 3 is 2.40 bits per heavy atom. The van der Waals surface area contributed by atoms with Crippen molar-refractivity contribution in [1.82, 2.24) is 9.88 Å². The fourth-order valence-corrected chi connectivity index (χ4v) is 7.56. The molecule has 5 aliphatic heterocycles. The second-order valence-electron chi connectivity index (χ2n) is 12.9. The summed E-state index contributed by atoms with van der Waals surface area (Å²) in [6.07, 6.45) is -12.8. The molecule has 3 saturated heterocycles.